The number of benzene rings is 2. The highest BCUT2D eigenvalue weighted by atomic mass is 32.2. The van der Waals surface area contributed by atoms with Crippen molar-refractivity contribution in [3.63, 3.8) is 0 Å². The molecule has 2 aromatic carbocycles. The monoisotopic (exact) mass is 457 g/mol. The van der Waals surface area contributed by atoms with E-state index < -0.39 is 10.0 Å². The largest absolute Gasteiger partial charge is 0.497 e. The lowest BCUT2D eigenvalue weighted by atomic mass is 10.1. The van der Waals surface area contributed by atoms with Crippen LogP contribution in [-0.2, 0) is 26.2 Å². The fourth-order valence-electron chi connectivity index (χ4n) is 4.20. The molecule has 0 spiro atoms. The highest BCUT2D eigenvalue weighted by Crippen LogP contribution is 2.24. The molecule has 1 unspecified atom stereocenters. The fourth-order valence-corrected chi connectivity index (χ4v) is 5.62. The Hall–Kier alpha value is -2.91. The summed E-state index contributed by atoms with van der Waals surface area (Å²) in [7, 11) is -2.10. The summed E-state index contributed by atoms with van der Waals surface area (Å²) in [5, 5.41) is 0. The third-order valence-corrected chi connectivity index (χ3v) is 7.94. The van der Waals surface area contributed by atoms with Crippen LogP contribution in [0.15, 0.2) is 59.5 Å². The van der Waals surface area contributed by atoms with Crippen LogP contribution in [0.4, 0.5) is 0 Å². The van der Waals surface area contributed by atoms with E-state index in [4.69, 9.17) is 4.74 Å². The summed E-state index contributed by atoms with van der Waals surface area (Å²) in [5.41, 5.74) is 1.03. The van der Waals surface area contributed by atoms with E-state index in [2.05, 4.69) is 0 Å². The van der Waals surface area contributed by atoms with Crippen LogP contribution in [-0.4, -0.2) is 74.2 Å². The number of amides is 2. The van der Waals surface area contributed by atoms with Gasteiger partial charge in [-0.25, -0.2) is 8.42 Å². The Morgan fingerprint density at radius 3 is 2.28 bits per heavy atom. The Labute approximate surface area is 188 Å². The first-order valence-electron chi connectivity index (χ1n) is 10.6. The number of carbonyl (C=O) groups is 2. The summed E-state index contributed by atoms with van der Waals surface area (Å²) in [4.78, 5) is 29.0. The maximum absolute atomic E-state index is 13.0. The van der Waals surface area contributed by atoms with Gasteiger partial charge in [0.2, 0.25) is 21.8 Å². The lowest BCUT2D eigenvalue weighted by Gasteiger charge is -2.35. The summed E-state index contributed by atoms with van der Waals surface area (Å²) >= 11 is 0. The molecule has 2 amide bonds. The molecule has 32 heavy (non-hydrogen) atoms. The molecule has 2 aliphatic rings. The SMILES string of the molecule is COc1ccc(S(=O)(=O)N2CCN(C(=O)C3CC(=O)N(Cc4ccccc4)C3)CC2)cc1. The van der Waals surface area contributed by atoms with Crippen molar-refractivity contribution in [3.8, 4) is 5.75 Å². The minimum Gasteiger partial charge on any atom is -0.497 e. The number of rotatable bonds is 6. The molecule has 0 bridgehead atoms. The van der Waals surface area contributed by atoms with Crippen LogP contribution < -0.4 is 4.74 Å². The lowest BCUT2D eigenvalue weighted by molar-refractivity contribution is -0.137. The van der Waals surface area contributed by atoms with Gasteiger partial charge in [-0.15, -0.1) is 0 Å². The highest BCUT2D eigenvalue weighted by molar-refractivity contribution is 7.89. The van der Waals surface area contributed by atoms with Gasteiger partial charge in [-0.05, 0) is 29.8 Å². The van der Waals surface area contributed by atoms with Crippen molar-refractivity contribution in [2.45, 2.75) is 17.9 Å². The van der Waals surface area contributed by atoms with Crippen LogP contribution >= 0.6 is 0 Å². The van der Waals surface area contributed by atoms with Crippen LogP contribution in [0.2, 0.25) is 0 Å². The van der Waals surface area contributed by atoms with Crippen molar-refractivity contribution in [3.05, 3.63) is 60.2 Å². The maximum Gasteiger partial charge on any atom is 0.243 e. The van der Waals surface area contributed by atoms with Crippen LogP contribution in [0.5, 0.6) is 5.75 Å². The van der Waals surface area contributed by atoms with E-state index in [-0.39, 0.29) is 42.1 Å². The van der Waals surface area contributed by atoms with Gasteiger partial charge < -0.3 is 14.5 Å². The molecule has 8 nitrogen and oxygen atoms in total. The maximum atomic E-state index is 13.0. The van der Waals surface area contributed by atoms with E-state index in [0.717, 1.165) is 5.56 Å². The summed E-state index contributed by atoms with van der Waals surface area (Å²) in [6.45, 7) is 1.99. The van der Waals surface area contributed by atoms with Crippen molar-refractivity contribution in [2.24, 2.45) is 5.92 Å². The molecule has 0 aliphatic carbocycles. The minimum absolute atomic E-state index is 0.0204. The second kappa shape index (κ2) is 9.30. The normalized spacial score (nSPS) is 19.9. The first kappa shape index (κ1) is 22.3. The number of likely N-dealkylation sites (tertiary alicyclic amines) is 1. The van der Waals surface area contributed by atoms with Crippen LogP contribution in [0.1, 0.15) is 12.0 Å². The molecule has 2 aromatic rings. The van der Waals surface area contributed by atoms with Crippen molar-refractivity contribution in [1.29, 1.82) is 0 Å². The Bertz CT molecular complexity index is 1060. The molecular weight excluding hydrogens is 430 g/mol. The van der Waals surface area contributed by atoms with Crippen molar-refractivity contribution in [1.82, 2.24) is 14.1 Å². The van der Waals surface area contributed by atoms with Crippen LogP contribution in [0.3, 0.4) is 0 Å². The van der Waals surface area contributed by atoms with Crippen molar-refractivity contribution in [2.75, 3.05) is 39.8 Å². The number of hydrogen-bond acceptors (Lipinski definition) is 5. The second-order valence-electron chi connectivity index (χ2n) is 8.07. The molecule has 2 saturated heterocycles. The van der Waals surface area contributed by atoms with Gasteiger partial charge in [-0.1, -0.05) is 30.3 Å². The van der Waals surface area contributed by atoms with Gasteiger partial charge >= 0.3 is 0 Å². The number of piperazine rings is 1. The average molecular weight is 458 g/mol. The third-order valence-electron chi connectivity index (χ3n) is 6.03. The quantitative estimate of drug-likeness (QED) is 0.657. The van der Waals surface area contributed by atoms with Gasteiger partial charge in [0, 0.05) is 45.7 Å². The van der Waals surface area contributed by atoms with Gasteiger partial charge in [0.05, 0.1) is 17.9 Å². The van der Waals surface area contributed by atoms with Crippen LogP contribution in [0, 0.1) is 5.92 Å². The van der Waals surface area contributed by atoms with E-state index in [9.17, 15) is 18.0 Å². The highest BCUT2D eigenvalue weighted by Gasteiger charge is 2.38. The average Bonchev–Trinajstić information content (AvgIpc) is 3.19. The molecular formula is C23H27N3O5S. The predicted octanol–water partition coefficient (Wildman–Crippen LogP) is 1.58. The zero-order chi connectivity index (χ0) is 22.7. The third kappa shape index (κ3) is 4.63. The summed E-state index contributed by atoms with van der Waals surface area (Å²) in [6.07, 6.45) is 0.204. The lowest BCUT2D eigenvalue weighted by Crippen LogP contribution is -2.52. The van der Waals surface area contributed by atoms with E-state index >= 15 is 0 Å². The molecule has 0 N–H and O–H groups in total. The van der Waals surface area contributed by atoms with Crippen molar-refractivity contribution >= 4 is 21.8 Å². The molecule has 2 fully saturated rings. The molecule has 2 aliphatic heterocycles. The molecule has 9 heteroatoms. The molecule has 1 atom stereocenters. The Morgan fingerprint density at radius 1 is 1.00 bits per heavy atom. The molecule has 4 rings (SSSR count). The Morgan fingerprint density at radius 2 is 1.66 bits per heavy atom. The number of methoxy groups -OCH3 is 1. The summed E-state index contributed by atoms with van der Waals surface area (Å²) in [6, 6.07) is 16.0. The summed E-state index contributed by atoms with van der Waals surface area (Å²) < 4.78 is 32.3. The first-order chi connectivity index (χ1) is 15.4. The first-order valence-corrected chi connectivity index (χ1v) is 12.1. The zero-order valence-corrected chi connectivity index (χ0v) is 18.8. The molecule has 0 radical (unpaired) electrons. The number of nitrogens with zero attached hydrogens (tertiary/aromatic N) is 3. The van der Waals surface area contributed by atoms with E-state index in [1.54, 1.807) is 21.9 Å². The summed E-state index contributed by atoms with van der Waals surface area (Å²) in [5.74, 6) is 0.117. The fraction of sp³-hybridized carbons (Fsp3) is 0.391. The Balaban J connectivity index is 1.33. The van der Waals surface area contributed by atoms with Crippen molar-refractivity contribution < 1.29 is 22.7 Å². The van der Waals surface area contributed by atoms with Gasteiger partial charge in [0.25, 0.3) is 0 Å². The minimum atomic E-state index is -3.63. The molecule has 2 heterocycles. The van der Waals surface area contributed by atoms with E-state index in [1.807, 2.05) is 30.3 Å². The Kier molecular flexibility index (Phi) is 6.48. The van der Waals surface area contributed by atoms with Gasteiger partial charge in [-0.3, -0.25) is 9.59 Å². The molecule has 0 aromatic heterocycles. The van der Waals surface area contributed by atoms with Gasteiger partial charge in [0.1, 0.15) is 5.75 Å². The van der Waals surface area contributed by atoms with Crippen LogP contribution in [0.25, 0.3) is 0 Å². The predicted molar refractivity (Wildman–Crippen MR) is 118 cm³/mol. The van der Waals surface area contributed by atoms with E-state index in [0.29, 0.717) is 31.9 Å². The topological polar surface area (TPSA) is 87.2 Å². The van der Waals surface area contributed by atoms with Gasteiger partial charge in [0.15, 0.2) is 0 Å². The van der Waals surface area contributed by atoms with Gasteiger partial charge in [-0.2, -0.15) is 4.31 Å². The number of sulfonamides is 1. The van der Waals surface area contributed by atoms with E-state index in [1.165, 1.54) is 23.5 Å². The standard InChI is InChI=1S/C23H27N3O5S/c1-31-20-7-9-21(10-8-20)32(29,30)26-13-11-24(12-14-26)23(28)19-15-22(27)25(17-19)16-18-5-3-2-4-6-18/h2-10,19H,11-17H2,1H3. The molecule has 0 saturated carbocycles. The smallest absolute Gasteiger partial charge is 0.243 e. The second-order valence-corrected chi connectivity index (χ2v) is 10.0. The number of ether oxygens (including phenoxy) is 1. The number of carbonyl (C=O) groups excluding carboxylic acids is 2. The molecule has 170 valence electrons. The number of hydrogen-bond donors (Lipinski definition) is 0. The zero-order valence-electron chi connectivity index (χ0n) is 18.0.